The van der Waals surface area contributed by atoms with Crippen LogP contribution in [0.3, 0.4) is 0 Å². The molecule has 1 aliphatic rings. The van der Waals surface area contributed by atoms with Gasteiger partial charge in [0.2, 0.25) is 0 Å². The first-order valence-corrected chi connectivity index (χ1v) is 8.86. The van der Waals surface area contributed by atoms with Crippen molar-refractivity contribution in [2.75, 3.05) is 33.2 Å². The Morgan fingerprint density at radius 3 is 2.48 bits per heavy atom. The maximum absolute atomic E-state index is 11.0. The molecule has 5 heteroatoms. The second-order valence-corrected chi connectivity index (χ2v) is 6.91. The van der Waals surface area contributed by atoms with Gasteiger partial charge in [0.05, 0.1) is 12.6 Å². The number of hydrogen-bond acceptors (Lipinski definition) is 3. The van der Waals surface area contributed by atoms with Gasteiger partial charge in [0, 0.05) is 29.5 Å². The highest BCUT2D eigenvalue weighted by Crippen LogP contribution is 2.32. The Morgan fingerprint density at radius 2 is 1.72 bits per heavy atom. The third kappa shape index (κ3) is 3.08. The zero-order valence-electron chi connectivity index (χ0n) is 14.4. The van der Waals surface area contributed by atoms with Crippen LogP contribution >= 0.6 is 0 Å². The Balaban J connectivity index is 1.82. The summed E-state index contributed by atoms with van der Waals surface area (Å²) < 4.78 is 0. The second-order valence-electron chi connectivity index (χ2n) is 6.91. The van der Waals surface area contributed by atoms with Gasteiger partial charge in [-0.25, -0.2) is 0 Å². The number of piperazine rings is 1. The quantitative estimate of drug-likeness (QED) is 0.623. The van der Waals surface area contributed by atoms with E-state index in [2.05, 4.69) is 41.3 Å². The normalized spacial score (nSPS) is 22.0. The van der Waals surface area contributed by atoms with Crippen LogP contribution in [0.25, 0.3) is 10.9 Å². The largest absolute Gasteiger partial charge is 0.505 e. The fourth-order valence-electron chi connectivity index (χ4n) is 3.86. The molecule has 0 aliphatic carbocycles. The topological polar surface area (TPSA) is 54.9 Å². The zero-order chi connectivity index (χ0) is 17.2. The van der Waals surface area contributed by atoms with E-state index >= 15 is 0 Å². The van der Waals surface area contributed by atoms with E-state index in [9.17, 15) is 5.11 Å². The molecule has 1 fully saturated rings. The van der Waals surface area contributed by atoms with Crippen molar-refractivity contribution in [2.24, 2.45) is 0 Å². The minimum Gasteiger partial charge on any atom is -0.505 e. The fraction of sp³-hybridized carbons (Fsp3) is 0.300. The first-order valence-electron chi connectivity index (χ1n) is 8.86. The Bertz CT molecular complexity index is 860. The molecule has 25 heavy (non-hydrogen) atoms. The number of likely N-dealkylation sites (N-methyl/N-ethyl adjacent to an activating group) is 1. The van der Waals surface area contributed by atoms with Crippen molar-refractivity contribution in [1.82, 2.24) is 9.97 Å². The molecule has 5 nitrogen and oxygen atoms in total. The van der Waals surface area contributed by atoms with Crippen molar-refractivity contribution >= 4 is 10.9 Å². The van der Waals surface area contributed by atoms with Crippen molar-refractivity contribution in [3.63, 3.8) is 0 Å². The van der Waals surface area contributed by atoms with Gasteiger partial charge in [-0.1, -0.05) is 12.1 Å². The molecule has 0 amide bonds. The van der Waals surface area contributed by atoms with Gasteiger partial charge in [0.1, 0.15) is 37.7 Å². The summed E-state index contributed by atoms with van der Waals surface area (Å²) in [7, 11) is 2.25. The Hall–Kier alpha value is -2.50. The molecule has 3 aromatic rings. The van der Waals surface area contributed by atoms with Crippen molar-refractivity contribution in [3.05, 3.63) is 66.1 Å². The number of fused-ring (bicyclic) bond motifs is 1. The van der Waals surface area contributed by atoms with E-state index < -0.39 is 0 Å². The molecule has 0 spiro atoms. The maximum Gasteiger partial charge on any atom is 0.151 e. The molecule has 1 saturated heterocycles. The van der Waals surface area contributed by atoms with Crippen LogP contribution < -0.4 is 9.80 Å². The summed E-state index contributed by atoms with van der Waals surface area (Å²) in [4.78, 5) is 11.6. The summed E-state index contributed by atoms with van der Waals surface area (Å²) in [5, 5.41) is 11.9. The average Bonchev–Trinajstić information content (AvgIpc) is 2.66. The minimum atomic E-state index is 0.0995. The third-order valence-electron chi connectivity index (χ3n) is 5.28. The van der Waals surface area contributed by atoms with E-state index in [0.717, 1.165) is 37.1 Å². The highest BCUT2D eigenvalue weighted by Gasteiger charge is 2.32. The highest BCUT2D eigenvalue weighted by atomic mass is 16.3. The molecule has 2 aromatic heterocycles. The number of nitrogens with one attached hydrogen (secondary N) is 2. The van der Waals surface area contributed by atoms with Gasteiger partial charge in [-0.05, 0) is 24.3 Å². The van der Waals surface area contributed by atoms with Crippen LogP contribution in [0.2, 0.25) is 0 Å². The molecular formula is C20H24N4O+2. The molecule has 0 bridgehead atoms. The minimum absolute atomic E-state index is 0.0995. The summed E-state index contributed by atoms with van der Waals surface area (Å²) in [5.74, 6) is 0.304. The number of rotatable bonds is 3. The highest BCUT2D eigenvalue weighted by molar-refractivity contribution is 5.85. The number of hydrogen-bond donors (Lipinski definition) is 3. The van der Waals surface area contributed by atoms with Crippen molar-refractivity contribution in [3.8, 4) is 5.75 Å². The molecular weight excluding hydrogens is 312 g/mol. The van der Waals surface area contributed by atoms with E-state index in [0.29, 0.717) is 11.3 Å². The standard InChI is InChI=1S/C20H22N4O/c1-23-11-13-24(14-12-23)19(16-6-9-21-10-7-16)17-5-4-15-3-2-8-22-18(15)20(17)25/h2-10,19,25H,11-14H2,1H3/p+2/t19-/m1/s1. The lowest BCUT2D eigenvalue weighted by atomic mass is 9.95. The lowest BCUT2D eigenvalue weighted by Gasteiger charge is -2.34. The summed E-state index contributed by atoms with van der Waals surface area (Å²) in [6, 6.07) is 12.2. The molecule has 1 aromatic carbocycles. The number of quaternary nitrogens is 2. The predicted molar refractivity (Wildman–Crippen MR) is 96.8 cm³/mol. The Kier molecular flexibility index (Phi) is 4.34. The van der Waals surface area contributed by atoms with Gasteiger partial charge >= 0.3 is 0 Å². The van der Waals surface area contributed by atoms with Crippen LogP contribution in [0.5, 0.6) is 5.75 Å². The van der Waals surface area contributed by atoms with Gasteiger partial charge < -0.3 is 14.9 Å². The molecule has 0 radical (unpaired) electrons. The predicted octanol–water partition coefficient (Wildman–Crippen LogP) is -0.162. The SMILES string of the molecule is C[NH+]1CC[NH+]([C@H](c2ccncc2)c2ccc3cccnc3c2O)CC1. The van der Waals surface area contributed by atoms with E-state index in [-0.39, 0.29) is 6.04 Å². The van der Waals surface area contributed by atoms with Crippen LogP contribution in [0.15, 0.2) is 55.0 Å². The molecule has 1 atom stereocenters. The smallest absolute Gasteiger partial charge is 0.151 e. The van der Waals surface area contributed by atoms with Crippen LogP contribution in [0.4, 0.5) is 0 Å². The number of aromatic hydroxyl groups is 1. The van der Waals surface area contributed by atoms with Gasteiger partial charge in [-0.3, -0.25) is 9.97 Å². The molecule has 4 rings (SSSR count). The van der Waals surface area contributed by atoms with Crippen molar-refractivity contribution in [2.45, 2.75) is 6.04 Å². The maximum atomic E-state index is 11.0. The van der Waals surface area contributed by atoms with E-state index in [1.165, 1.54) is 10.5 Å². The molecule has 0 unspecified atom stereocenters. The summed E-state index contributed by atoms with van der Waals surface area (Å²) >= 11 is 0. The molecule has 3 heterocycles. The second kappa shape index (κ2) is 6.78. The Labute approximate surface area is 147 Å². The monoisotopic (exact) mass is 336 g/mol. The first-order chi connectivity index (χ1) is 12.2. The fourth-order valence-corrected chi connectivity index (χ4v) is 3.86. The van der Waals surface area contributed by atoms with Gasteiger partial charge in [0.15, 0.2) is 5.75 Å². The lowest BCUT2D eigenvalue weighted by Crippen LogP contribution is -3.27. The number of phenolic OH excluding ortho intramolecular Hbond substituents is 1. The van der Waals surface area contributed by atoms with E-state index in [4.69, 9.17) is 0 Å². The molecule has 128 valence electrons. The van der Waals surface area contributed by atoms with Crippen LogP contribution in [0, 0.1) is 0 Å². The summed E-state index contributed by atoms with van der Waals surface area (Å²) in [6.45, 7) is 4.45. The zero-order valence-corrected chi connectivity index (χ0v) is 14.4. The number of pyridine rings is 2. The van der Waals surface area contributed by atoms with Gasteiger partial charge in [-0.2, -0.15) is 0 Å². The van der Waals surface area contributed by atoms with Crippen LogP contribution in [0.1, 0.15) is 17.2 Å². The van der Waals surface area contributed by atoms with Gasteiger partial charge in [-0.15, -0.1) is 0 Å². The molecule has 1 aliphatic heterocycles. The van der Waals surface area contributed by atoms with Crippen LogP contribution in [-0.2, 0) is 0 Å². The van der Waals surface area contributed by atoms with Crippen molar-refractivity contribution in [1.29, 1.82) is 0 Å². The van der Waals surface area contributed by atoms with E-state index in [1.807, 2.05) is 24.5 Å². The number of nitrogens with zero attached hydrogens (tertiary/aromatic N) is 2. The third-order valence-corrected chi connectivity index (χ3v) is 5.28. The lowest BCUT2D eigenvalue weighted by molar-refractivity contribution is -1.02. The summed E-state index contributed by atoms with van der Waals surface area (Å²) in [5.41, 5.74) is 2.82. The van der Waals surface area contributed by atoms with Crippen molar-refractivity contribution < 1.29 is 14.9 Å². The summed E-state index contributed by atoms with van der Waals surface area (Å²) in [6.07, 6.45) is 5.40. The van der Waals surface area contributed by atoms with Crippen LogP contribution in [-0.4, -0.2) is 48.3 Å². The molecule has 3 N–H and O–H groups in total. The number of phenols is 1. The number of aromatic nitrogens is 2. The number of benzene rings is 1. The Morgan fingerprint density at radius 1 is 0.960 bits per heavy atom. The van der Waals surface area contributed by atoms with Gasteiger partial charge in [0.25, 0.3) is 0 Å². The average molecular weight is 336 g/mol. The van der Waals surface area contributed by atoms with E-state index in [1.54, 1.807) is 11.1 Å². The first kappa shape index (κ1) is 16.0. The molecule has 0 saturated carbocycles.